The van der Waals surface area contributed by atoms with Crippen molar-refractivity contribution < 1.29 is 14.3 Å². The molecular weight excluding hydrogens is 314 g/mol. The zero-order chi connectivity index (χ0) is 17.6. The lowest BCUT2D eigenvalue weighted by Gasteiger charge is -2.18. The van der Waals surface area contributed by atoms with Crippen LogP contribution in [0, 0.1) is 26.7 Å². The van der Waals surface area contributed by atoms with Gasteiger partial charge in [-0.2, -0.15) is 0 Å². The van der Waals surface area contributed by atoms with Crippen LogP contribution in [0.3, 0.4) is 0 Å². The minimum absolute atomic E-state index is 0.160. The van der Waals surface area contributed by atoms with Crippen molar-refractivity contribution in [3.8, 4) is 0 Å². The summed E-state index contributed by atoms with van der Waals surface area (Å²) in [4.78, 5) is 32.5. The van der Waals surface area contributed by atoms with E-state index in [9.17, 15) is 9.59 Å². The highest BCUT2D eigenvalue weighted by atomic mass is 32.2. The van der Waals surface area contributed by atoms with Crippen LogP contribution in [0.2, 0.25) is 0 Å². The Balaban J connectivity index is 2.63. The van der Waals surface area contributed by atoms with Gasteiger partial charge in [-0.25, -0.2) is 14.8 Å². The van der Waals surface area contributed by atoms with Gasteiger partial charge >= 0.3 is 5.97 Å². The summed E-state index contributed by atoms with van der Waals surface area (Å²) in [5.41, 5.74) is 2.88. The molecule has 0 spiro atoms. The molecule has 23 heavy (non-hydrogen) atoms. The maximum absolute atomic E-state index is 12.1. The fraction of sp³-hybridized carbons (Fsp3) is 0.625. The molecule has 0 bridgehead atoms. The Bertz CT molecular complexity index is 553. The first-order valence-electron chi connectivity index (χ1n) is 7.56. The molecule has 1 aromatic rings. The summed E-state index contributed by atoms with van der Waals surface area (Å²) in [5.74, 6) is -0.216. The molecule has 0 fully saturated rings. The maximum Gasteiger partial charge on any atom is 0.328 e. The number of ether oxygens (including phenoxy) is 1. The minimum Gasteiger partial charge on any atom is -0.467 e. The van der Waals surface area contributed by atoms with Crippen LogP contribution in [0.15, 0.2) is 5.16 Å². The summed E-state index contributed by atoms with van der Waals surface area (Å²) in [7, 11) is 1.32. The second-order valence-corrected chi connectivity index (χ2v) is 6.81. The number of hydrogen-bond donors (Lipinski definition) is 1. The van der Waals surface area contributed by atoms with Gasteiger partial charge in [0.1, 0.15) is 6.04 Å². The highest BCUT2D eigenvalue weighted by Gasteiger charge is 2.22. The SMILES string of the molecule is COC(=O)[C@H](CC(C)C)NC(=O)CSc1nc(C)c(C)c(C)n1. The smallest absolute Gasteiger partial charge is 0.328 e. The summed E-state index contributed by atoms with van der Waals surface area (Å²) >= 11 is 1.26. The number of esters is 1. The Morgan fingerprint density at radius 3 is 2.22 bits per heavy atom. The monoisotopic (exact) mass is 339 g/mol. The van der Waals surface area contributed by atoms with Crippen molar-refractivity contribution in [1.82, 2.24) is 15.3 Å². The molecular formula is C16H25N3O3S. The summed E-state index contributed by atoms with van der Waals surface area (Å²) in [6.07, 6.45) is 0.544. The van der Waals surface area contributed by atoms with Gasteiger partial charge in [0.15, 0.2) is 5.16 Å². The predicted molar refractivity (Wildman–Crippen MR) is 90.4 cm³/mol. The first-order valence-corrected chi connectivity index (χ1v) is 8.55. The van der Waals surface area contributed by atoms with Crippen LogP contribution in [0.5, 0.6) is 0 Å². The Morgan fingerprint density at radius 2 is 1.74 bits per heavy atom. The van der Waals surface area contributed by atoms with Crippen LogP contribution in [-0.2, 0) is 14.3 Å². The van der Waals surface area contributed by atoms with Crippen LogP contribution in [-0.4, -0.2) is 40.7 Å². The highest BCUT2D eigenvalue weighted by Crippen LogP contribution is 2.17. The number of aromatic nitrogens is 2. The van der Waals surface area contributed by atoms with Crippen LogP contribution >= 0.6 is 11.8 Å². The fourth-order valence-electron chi connectivity index (χ4n) is 2.00. The lowest BCUT2D eigenvalue weighted by Crippen LogP contribution is -2.43. The van der Waals surface area contributed by atoms with Gasteiger partial charge in [0.05, 0.1) is 12.9 Å². The van der Waals surface area contributed by atoms with Crippen molar-refractivity contribution in [3.63, 3.8) is 0 Å². The third kappa shape index (κ3) is 6.17. The topological polar surface area (TPSA) is 81.2 Å². The van der Waals surface area contributed by atoms with E-state index < -0.39 is 12.0 Å². The second kappa shape index (κ2) is 8.86. The summed E-state index contributed by atoms with van der Waals surface area (Å²) in [6, 6.07) is -0.615. The van der Waals surface area contributed by atoms with E-state index >= 15 is 0 Å². The molecule has 0 aromatic carbocycles. The number of amides is 1. The Morgan fingerprint density at radius 1 is 1.17 bits per heavy atom. The number of nitrogens with zero attached hydrogens (tertiary/aromatic N) is 2. The Kier molecular flexibility index (Phi) is 7.48. The number of hydrogen-bond acceptors (Lipinski definition) is 6. The van der Waals surface area contributed by atoms with Crippen LogP contribution in [0.4, 0.5) is 0 Å². The van der Waals surface area contributed by atoms with Gasteiger partial charge in [0, 0.05) is 11.4 Å². The predicted octanol–water partition coefficient (Wildman–Crippen LogP) is 2.20. The summed E-state index contributed by atoms with van der Waals surface area (Å²) < 4.78 is 4.74. The number of nitrogens with one attached hydrogen (secondary N) is 1. The van der Waals surface area contributed by atoms with Crippen LogP contribution in [0.1, 0.15) is 37.2 Å². The average Bonchev–Trinajstić information content (AvgIpc) is 2.48. The number of methoxy groups -OCH3 is 1. The largest absolute Gasteiger partial charge is 0.467 e. The van der Waals surface area contributed by atoms with Gasteiger partial charge in [-0.1, -0.05) is 25.6 Å². The third-order valence-electron chi connectivity index (χ3n) is 3.47. The number of thioether (sulfide) groups is 1. The van der Waals surface area contributed by atoms with Gasteiger partial charge in [-0.3, -0.25) is 4.79 Å². The normalized spacial score (nSPS) is 12.1. The molecule has 0 aliphatic rings. The van der Waals surface area contributed by atoms with E-state index in [0.717, 1.165) is 17.0 Å². The number of rotatable bonds is 7. The average molecular weight is 339 g/mol. The second-order valence-electron chi connectivity index (χ2n) is 5.86. The van der Waals surface area contributed by atoms with Gasteiger partial charge in [-0.05, 0) is 38.7 Å². The fourth-order valence-corrected chi connectivity index (χ4v) is 2.75. The molecule has 0 unspecified atom stereocenters. The third-order valence-corrected chi connectivity index (χ3v) is 4.32. The molecule has 0 radical (unpaired) electrons. The van der Waals surface area contributed by atoms with E-state index in [1.807, 2.05) is 34.6 Å². The number of carbonyl (C=O) groups excluding carboxylic acids is 2. The molecule has 128 valence electrons. The standard InChI is InChI=1S/C16H25N3O3S/c1-9(2)7-13(15(21)22-6)19-14(20)8-23-16-17-11(4)10(3)12(5)18-16/h9,13H,7-8H2,1-6H3,(H,19,20)/t13-/m0/s1. The number of aryl methyl sites for hydroxylation is 2. The highest BCUT2D eigenvalue weighted by molar-refractivity contribution is 7.99. The van der Waals surface area contributed by atoms with E-state index in [-0.39, 0.29) is 17.6 Å². The first-order chi connectivity index (χ1) is 10.7. The van der Waals surface area contributed by atoms with Gasteiger partial charge < -0.3 is 10.1 Å². The van der Waals surface area contributed by atoms with Crippen molar-refractivity contribution in [1.29, 1.82) is 0 Å². The lowest BCUT2D eigenvalue weighted by atomic mass is 10.0. The molecule has 1 atom stereocenters. The molecule has 1 N–H and O–H groups in total. The quantitative estimate of drug-likeness (QED) is 0.466. The van der Waals surface area contributed by atoms with E-state index in [1.165, 1.54) is 18.9 Å². The van der Waals surface area contributed by atoms with Gasteiger partial charge in [-0.15, -0.1) is 0 Å². The molecule has 7 heteroatoms. The van der Waals surface area contributed by atoms with E-state index in [4.69, 9.17) is 4.74 Å². The summed E-state index contributed by atoms with van der Waals surface area (Å²) in [6.45, 7) is 9.79. The Labute approximate surface area is 141 Å². The van der Waals surface area contributed by atoms with Crippen LogP contribution < -0.4 is 5.32 Å². The van der Waals surface area contributed by atoms with Gasteiger partial charge in [0.2, 0.25) is 5.91 Å². The summed E-state index contributed by atoms with van der Waals surface area (Å²) in [5, 5.41) is 3.29. The molecule has 0 aliphatic heterocycles. The first kappa shape index (κ1) is 19.4. The molecule has 0 aliphatic carbocycles. The number of carbonyl (C=O) groups is 2. The van der Waals surface area contributed by atoms with E-state index in [2.05, 4.69) is 15.3 Å². The van der Waals surface area contributed by atoms with Crippen LogP contribution in [0.25, 0.3) is 0 Å². The van der Waals surface area contributed by atoms with E-state index in [0.29, 0.717) is 11.6 Å². The molecule has 1 amide bonds. The zero-order valence-electron chi connectivity index (χ0n) is 14.6. The van der Waals surface area contributed by atoms with Crippen molar-refractivity contribution in [2.45, 2.75) is 52.2 Å². The van der Waals surface area contributed by atoms with E-state index in [1.54, 1.807) is 0 Å². The molecule has 0 saturated carbocycles. The van der Waals surface area contributed by atoms with Crippen molar-refractivity contribution in [2.75, 3.05) is 12.9 Å². The maximum atomic E-state index is 12.1. The van der Waals surface area contributed by atoms with Crippen molar-refractivity contribution >= 4 is 23.6 Å². The zero-order valence-corrected chi connectivity index (χ0v) is 15.4. The van der Waals surface area contributed by atoms with Gasteiger partial charge in [0.25, 0.3) is 0 Å². The minimum atomic E-state index is -0.615. The molecule has 6 nitrogen and oxygen atoms in total. The lowest BCUT2D eigenvalue weighted by molar-refractivity contribution is -0.145. The molecule has 1 heterocycles. The molecule has 0 saturated heterocycles. The van der Waals surface area contributed by atoms with Crippen molar-refractivity contribution in [2.24, 2.45) is 5.92 Å². The Hall–Kier alpha value is -1.63. The molecule has 1 aromatic heterocycles. The molecule has 1 rings (SSSR count). The van der Waals surface area contributed by atoms with Crippen molar-refractivity contribution in [3.05, 3.63) is 17.0 Å².